The van der Waals surface area contributed by atoms with E-state index in [2.05, 4.69) is 52.8 Å². The van der Waals surface area contributed by atoms with E-state index in [0.29, 0.717) is 11.8 Å². The van der Waals surface area contributed by atoms with E-state index in [0.717, 1.165) is 35.4 Å². The summed E-state index contributed by atoms with van der Waals surface area (Å²) in [7, 11) is 0. The molecule has 2 heteroatoms. The van der Waals surface area contributed by atoms with Gasteiger partial charge in [-0.2, -0.15) is 0 Å². The molecule has 25 heavy (non-hydrogen) atoms. The van der Waals surface area contributed by atoms with Gasteiger partial charge in [-0.1, -0.05) is 70.8 Å². The standard InChI is InChI=1S/C23H31ClO/c1-6-7-8-19-20(15(2)3)13-21(16(4)5)22(14-25)23(19)17-9-11-18(24)12-10-17/h9-13,15-16,25H,6-8,14H2,1-5H3. The van der Waals surface area contributed by atoms with E-state index in [4.69, 9.17) is 11.6 Å². The van der Waals surface area contributed by atoms with Crippen molar-refractivity contribution in [2.75, 3.05) is 0 Å². The van der Waals surface area contributed by atoms with Crippen molar-refractivity contribution in [1.82, 2.24) is 0 Å². The molecule has 0 bridgehead atoms. The van der Waals surface area contributed by atoms with Gasteiger partial charge in [-0.3, -0.25) is 0 Å². The summed E-state index contributed by atoms with van der Waals surface area (Å²) in [5, 5.41) is 11.0. The van der Waals surface area contributed by atoms with Crippen LogP contribution in [0.3, 0.4) is 0 Å². The van der Waals surface area contributed by atoms with E-state index in [-0.39, 0.29) is 6.61 Å². The molecule has 0 saturated carbocycles. The maximum Gasteiger partial charge on any atom is 0.0690 e. The van der Waals surface area contributed by atoms with Crippen molar-refractivity contribution < 1.29 is 5.11 Å². The van der Waals surface area contributed by atoms with Gasteiger partial charge in [-0.05, 0) is 70.2 Å². The minimum absolute atomic E-state index is 0.0724. The maximum absolute atomic E-state index is 10.2. The highest BCUT2D eigenvalue weighted by Crippen LogP contribution is 2.39. The van der Waals surface area contributed by atoms with Crippen LogP contribution in [0.5, 0.6) is 0 Å². The molecule has 0 aromatic heterocycles. The summed E-state index contributed by atoms with van der Waals surface area (Å²) in [4.78, 5) is 0. The van der Waals surface area contributed by atoms with Crippen molar-refractivity contribution >= 4 is 11.6 Å². The smallest absolute Gasteiger partial charge is 0.0690 e. The highest BCUT2D eigenvalue weighted by molar-refractivity contribution is 6.30. The molecular weight excluding hydrogens is 328 g/mol. The number of aliphatic hydroxyl groups is 1. The number of hydrogen-bond donors (Lipinski definition) is 1. The fourth-order valence-corrected chi connectivity index (χ4v) is 3.73. The Balaban J connectivity index is 2.83. The van der Waals surface area contributed by atoms with Crippen LogP contribution in [-0.2, 0) is 13.0 Å². The predicted octanol–water partition coefficient (Wildman–Crippen LogP) is 7.09. The van der Waals surface area contributed by atoms with Crippen molar-refractivity contribution in [2.45, 2.75) is 72.3 Å². The van der Waals surface area contributed by atoms with Gasteiger partial charge >= 0.3 is 0 Å². The monoisotopic (exact) mass is 358 g/mol. The van der Waals surface area contributed by atoms with Crippen LogP contribution in [-0.4, -0.2) is 5.11 Å². The topological polar surface area (TPSA) is 20.2 Å². The van der Waals surface area contributed by atoms with Crippen molar-refractivity contribution in [2.24, 2.45) is 0 Å². The van der Waals surface area contributed by atoms with Gasteiger partial charge in [0.1, 0.15) is 0 Å². The third kappa shape index (κ3) is 4.46. The first-order valence-corrected chi connectivity index (χ1v) is 9.83. The molecule has 0 atom stereocenters. The summed E-state index contributed by atoms with van der Waals surface area (Å²) in [5.41, 5.74) is 7.53. The largest absolute Gasteiger partial charge is 0.392 e. The molecule has 0 radical (unpaired) electrons. The molecule has 0 amide bonds. The zero-order valence-electron chi connectivity index (χ0n) is 16.2. The molecule has 2 aromatic carbocycles. The molecular formula is C23H31ClO. The molecule has 0 aliphatic rings. The second-order valence-corrected chi connectivity index (χ2v) is 7.90. The van der Waals surface area contributed by atoms with E-state index in [1.807, 2.05) is 12.1 Å². The van der Waals surface area contributed by atoms with Crippen LogP contribution in [0.2, 0.25) is 5.02 Å². The Bertz CT molecular complexity index is 699. The van der Waals surface area contributed by atoms with Gasteiger partial charge in [0.15, 0.2) is 0 Å². The Kier molecular flexibility index (Phi) is 7.10. The van der Waals surface area contributed by atoms with Crippen molar-refractivity contribution in [3.63, 3.8) is 0 Å². The van der Waals surface area contributed by atoms with Gasteiger partial charge in [0, 0.05) is 5.02 Å². The third-order valence-corrected chi connectivity index (χ3v) is 5.18. The Morgan fingerprint density at radius 2 is 1.48 bits per heavy atom. The molecule has 136 valence electrons. The summed E-state index contributed by atoms with van der Waals surface area (Å²) >= 11 is 6.11. The van der Waals surface area contributed by atoms with E-state index < -0.39 is 0 Å². The number of unbranched alkanes of at least 4 members (excludes halogenated alkanes) is 1. The zero-order valence-corrected chi connectivity index (χ0v) is 17.0. The lowest BCUT2D eigenvalue weighted by Gasteiger charge is -2.25. The van der Waals surface area contributed by atoms with Gasteiger partial charge in [0.05, 0.1) is 6.61 Å². The third-order valence-electron chi connectivity index (χ3n) is 4.93. The molecule has 0 heterocycles. The molecule has 1 N–H and O–H groups in total. The summed E-state index contributed by atoms with van der Waals surface area (Å²) in [6, 6.07) is 10.4. The van der Waals surface area contributed by atoms with Crippen LogP contribution in [0, 0.1) is 0 Å². The Labute approximate surface area is 158 Å². The first-order valence-electron chi connectivity index (χ1n) is 9.45. The number of rotatable bonds is 7. The van der Waals surface area contributed by atoms with Gasteiger partial charge in [-0.15, -0.1) is 0 Å². The van der Waals surface area contributed by atoms with Crippen LogP contribution < -0.4 is 0 Å². The second-order valence-electron chi connectivity index (χ2n) is 7.47. The van der Waals surface area contributed by atoms with E-state index in [9.17, 15) is 5.11 Å². The molecule has 2 aromatic rings. The van der Waals surface area contributed by atoms with Crippen LogP contribution in [0.1, 0.15) is 81.5 Å². The average Bonchev–Trinajstić information content (AvgIpc) is 2.58. The molecule has 1 nitrogen and oxygen atoms in total. The lowest BCUT2D eigenvalue weighted by atomic mass is 9.80. The van der Waals surface area contributed by atoms with Crippen LogP contribution in [0.4, 0.5) is 0 Å². The Hall–Kier alpha value is -1.31. The van der Waals surface area contributed by atoms with Gasteiger partial charge in [0.25, 0.3) is 0 Å². The summed E-state index contributed by atoms with van der Waals surface area (Å²) in [5.74, 6) is 0.842. The molecule has 0 spiro atoms. The lowest BCUT2D eigenvalue weighted by Crippen LogP contribution is -2.09. The highest BCUT2D eigenvalue weighted by atomic mass is 35.5. The number of hydrogen-bond acceptors (Lipinski definition) is 1. The highest BCUT2D eigenvalue weighted by Gasteiger charge is 2.21. The van der Waals surface area contributed by atoms with E-state index >= 15 is 0 Å². The van der Waals surface area contributed by atoms with E-state index in [1.54, 1.807) is 0 Å². The fourth-order valence-electron chi connectivity index (χ4n) is 3.60. The SMILES string of the molecule is CCCCc1c(C(C)C)cc(C(C)C)c(CO)c1-c1ccc(Cl)cc1. The lowest BCUT2D eigenvalue weighted by molar-refractivity contribution is 0.280. The fraction of sp³-hybridized carbons (Fsp3) is 0.478. The number of benzene rings is 2. The van der Waals surface area contributed by atoms with Gasteiger partial charge < -0.3 is 5.11 Å². The van der Waals surface area contributed by atoms with Crippen molar-refractivity contribution in [3.8, 4) is 11.1 Å². The second kappa shape index (κ2) is 8.87. The maximum atomic E-state index is 10.2. The minimum Gasteiger partial charge on any atom is -0.392 e. The quantitative estimate of drug-likeness (QED) is 0.560. The molecule has 0 saturated heterocycles. The number of aliphatic hydroxyl groups excluding tert-OH is 1. The van der Waals surface area contributed by atoms with Crippen LogP contribution >= 0.6 is 11.6 Å². The minimum atomic E-state index is 0.0724. The summed E-state index contributed by atoms with van der Waals surface area (Å²) < 4.78 is 0. The van der Waals surface area contributed by atoms with Crippen molar-refractivity contribution in [1.29, 1.82) is 0 Å². The number of halogens is 1. The van der Waals surface area contributed by atoms with Crippen molar-refractivity contribution in [3.05, 3.63) is 57.6 Å². The normalized spacial score (nSPS) is 11.6. The molecule has 2 rings (SSSR count). The summed E-state index contributed by atoms with van der Waals surface area (Å²) in [6.07, 6.45) is 3.37. The van der Waals surface area contributed by atoms with Crippen LogP contribution in [0.25, 0.3) is 11.1 Å². The first kappa shape index (κ1) is 20.0. The van der Waals surface area contributed by atoms with E-state index in [1.165, 1.54) is 22.3 Å². The van der Waals surface area contributed by atoms with Gasteiger partial charge in [0.2, 0.25) is 0 Å². The Morgan fingerprint density at radius 3 is 1.96 bits per heavy atom. The molecule has 0 aliphatic heterocycles. The zero-order chi connectivity index (χ0) is 18.6. The van der Waals surface area contributed by atoms with Gasteiger partial charge in [-0.25, -0.2) is 0 Å². The molecule has 0 unspecified atom stereocenters. The summed E-state index contributed by atoms with van der Waals surface area (Å²) in [6.45, 7) is 11.2. The van der Waals surface area contributed by atoms with Crippen LogP contribution in [0.15, 0.2) is 30.3 Å². The predicted molar refractivity (Wildman–Crippen MR) is 110 cm³/mol. The Morgan fingerprint density at radius 1 is 0.920 bits per heavy atom. The average molecular weight is 359 g/mol. The first-order chi connectivity index (χ1) is 11.9. The molecule has 0 fully saturated rings. The molecule has 0 aliphatic carbocycles.